The minimum Gasteiger partial charge on any atom is -0.358 e. The maximum atomic E-state index is 12.6. The molecule has 138 valence electrons. The van der Waals surface area contributed by atoms with Crippen molar-refractivity contribution in [3.63, 3.8) is 0 Å². The van der Waals surface area contributed by atoms with Crippen molar-refractivity contribution in [3.05, 3.63) is 52.1 Å². The lowest BCUT2D eigenvalue weighted by Gasteiger charge is -2.31. The summed E-state index contributed by atoms with van der Waals surface area (Å²) in [4.78, 5) is 25.1. The summed E-state index contributed by atoms with van der Waals surface area (Å²) in [6.45, 7) is 0.960. The third kappa shape index (κ3) is 3.78. The van der Waals surface area contributed by atoms with Crippen LogP contribution in [0.2, 0.25) is 0 Å². The van der Waals surface area contributed by atoms with Crippen LogP contribution in [0.25, 0.3) is 0 Å². The van der Waals surface area contributed by atoms with E-state index in [0.717, 1.165) is 23.7 Å². The Morgan fingerprint density at radius 2 is 1.85 bits per heavy atom. The number of anilines is 1. The SMILES string of the molecule is CS(=O)(=O)c1cc([N+](=O)[O-])c(N2CCC(C(=O)c3ccccc3)CC2)s1. The number of carbonyl (C=O) groups is 1. The van der Waals surface area contributed by atoms with E-state index in [1.807, 2.05) is 23.1 Å². The minimum atomic E-state index is -3.50. The summed E-state index contributed by atoms with van der Waals surface area (Å²) in [7, 11) is -3.50. The zero-order chi connectivity index (χ0) is 18.9. The molecular formula is C17H18N2O5S2. The number of nitrogens with zero attached hydrogens (tertiary/aromatic N) is 2. The monoisotopic (exact) mass is 394 g/mol. The Morgan fingerprint density at radius 3 is 2.38 bits per heavy atom. The second-order valence-electron chi connectivity index (χ2n) is 6.28. The summed E-state index contributed by atoms with van der Waals surface area (Å²) in [5.41, 5.74) is 0.482. The predicted molar refractivity (Wildman–Crippen MR) is 99.8 cm³/mol. The van der Waals surface area contributed by atoms with Crippen LogP contribution in [0.15, 0.2) is 40.6 Å². The fraction of sp³-hybridized carbons (Fsp3) is 0.353. The van der Waals surface area contributed by atoms with Crippen molar-refractivity contribution in [1.29, 1.82) is 0 Å². The summed E-state index contributed by atoms with van der Waals surface area (Å²) in [5.74, 6) is -0.0372. The Bertz CT molecular complexity index is 929. The summed E-state index contributed by atoms with van der Waals surface area (Å²) in [5, 5.41) is 11.6. The van der Waals surface area contributed by atoms with Gasteiger partial charge in [-0.3, -0.25) is 14.9 Å². The highest BCUT2D eigenvalue weighted by Gasteiger charge is 2.32. The number of hydrogen-bond donors (Lipinski definition) is 0. The molecule has 1 fully saturated rings. The first-order valence-corrected chi connectivity index (χ1v) is 10.8. The lowest BCUT2D eigenvalue weighted by atomic mass is 9.89. The molecule has 0 spiro atoms. The van der Waals surface area contributed by atoms with Gasteiger partial charge in [-0.15, -0.1) is 0 Å². The first kappa shape index (κ1) is 18.5. The van der Waals surface area contributed by atoms with Crippen molar-refractivity contribution in [3.8, 4) is 0 Å². The Hall–Kier alpha value is -2.26. The average molecular weight is 394 g/mol. The van der Waals surface area contributed by atoms with Gasteiger partial charge in [-0.05, 0) is 12.8 Å². The van der Waals surface area contributed by atoms with Gasteiger partial charge in [-0.2, -0.15) is 0 Å². The molecule has 0 unspecified atom stereocenters. The molecular weight excluding hydrogens is 376 g/mol. The second kappa shape index (κ2) is 7.16. The van der Waals surface area contributed by atoms with Crippen LogP contribution < -0.4 is 4.90 Å². The molecule has 1 aliphatic rings. The van der Waals surface area contributed by atoms with E-state index in [1.54, 1.807) is 12.1 Å². The van der Waals surface area contributed by atoms with E-state index in [9.17, 15) is 23.3 Å². The largest absolute Gasteiger partial charge is 0.358 e. The topological polar surface area (TPSA) is 97.6 Å². The van der Waals surface area contributed by atoms with Gasteiger partial charge in [0.1, 0.15) is 4.21 Å². The quantitative estimate of drug-likeness (QED) is 0.439. The molecule has 0 atom stereocenters. The number of ketones is 1. The maximum absolute atomic E-state index is 12.6. The molecule has 0 aliphatic carbocycles. The molecule has 2 aromatic rings. The van der Waals surface area contributed by atoms with E-state index < -0.39 is 14.8 Å². The van der Waals surface area contributed by atoms with Crippen molar-refractivity contribution < 1.29 is 18.1 Å². The van der Waals surface area contributed by atoms with Gasteiger partial charge in [0.2, 0.25) is 0 Å². The van der Waals surface area contributed by atoms with Gasteiger partial charge in [-0.25, -0.2) is 8.42 Å². The lowest BCUT2D eigenvalue weighted by molar-refractivity contribution is -0.383. The molecule has 1 saturated heterocycles. The first-order chi connectivity index (χ1) is 12.3. The van der Waals surface area contributed by atoms with Gasteiger partial charge in [0, 0.05) is 36.9 Å². The molecule has 1 aromatic heterocycles. The van der Waals surface area contributed by atoms with Crippen LogP contribution in [0.3, 0.4) is 0 Å². The maximum Gasteiger partial charge on any atom is 0.305 e. The van der Waals surface area contributed by atoms with Gasteiger partial charge >= 0.3 is 5.69 Å². The molecule has 0 amide bonds. The number of Topliss-reactive ketones (excluding diaryl/α,β-unsaturated/α-hetero) is 1. The molecule has 0 bridgehead atoms. The molecule has 7 nitrogen and oxygen atoms in total. The van der Waals surface area contributed by atoms with Crippen LogP contribution >= 0.6 is 11.3 Å². The van der Waals surface area contributed by atoms with Gasteiger partial charge in [-0.1, -0.05) is 41.7 Å². The third-order valence-electron chi connectivity index (χ3n) is 4.44. The van der Waals surface area contributed by atoms with Gasteiger partial charge in [0.05, 0.1) is 4.92 Å². The number of thiophene rings is 1. The fourth-order valence-corrected chi connectivity index (χ4v) is 5.15. The molecule has 1 aliphatic heterocycles. The minimum absolute atomic E-state index is 0.0123. The second-order valence-corrected chi connectivity index (χ2v) is 9.55. The van der Waals surface area contributed by atoms with Crippen molar-refractivity contribution in [2.75, 3.05) is 24.2 Å². The molecule has 9 heteroatoms. The van der Waals surface area contributed by atoms with Crippen molar-refractivity contribution >= 4 is 37.6 Å². The number of piperidine rings is 1. The van der Waals surface area contributed by atoms with Gasteiger partial charge in [0.15, 0.2) is 20.6 Å². The Labute approximate surface area is 155 Å². The number of sulfone groups is 1. The van der Waals surface area contributed by atoms with Gasteiger partial charge < -0.3 is 4.90 Å². The average Bonchev–Trinajstić information content (AvgIpc) is 3.08. The van der Waals surface area contributed by atoms with Crippen LogP contribution in [-0.4, -0.2) is 38.5 Å². The zero-order valence-corrected chi connectivity index (χ0v) is 15.8. The molecule has 1 aromatic carbocycles. The lowest BCUT2D eigenvalue weighted by Crippen LogP contribution is -2.36. The Kier molecular flexibility index (Phi) is 5.10. The zero-order valence-electron chi connectivity index (χ0n) is 14.1. The fourth-order valence-electron chi connectivity index (χ4n) is 3.07. The normalized spacial score (nSPS) is 15.8. The van der Waals surface area contributed by atoms with Crippen LogP contribution in [-0.2, 0) is 9.84 Å². The van der Waals surface area contributed by atoms with E-state index in [-0.39, 0.29) is 21.6 Å². The van der Waals surface area contributed by atoms with Crippen molar-refractivity contribution in [2.24, 2.45) is 5.92 Å². The molecule has 0 N–H and O–H groups in total. The van der Waals surface area contributed by atoms with Crippen molar-refractivity contribution in [2.45, 2.75) is 17.1 Å². The molecule has 0 radical (unpaired) electrons. The van der Waals surface area contributed by atoms with E-state index in [0.29, 0.717) is 36.5 Å². The molecule has 2 heterocycles. The summed E-state index contributed by atoms with van der Waals surface area (Å²) in [6.07, 6.45) is 2.20. The number of carbonyl (C=O) groups excluding carboxylic acids is 1. The van der Waals surface area contributed by atoms with E-state index in [4.69, 9.17) is 0 Å². The van der Waals surface area contributed by atoms with Gasteiger partial charge in [0.25, 0.3) is 0 Å². The van der Waals surface area contributed by atoms with E-state index >= 15 is 0 Å². The van der Waals surface area contributed by atoms with Crippen molar-refractivity contribution in [1.82, 2.24) is 0 Å². The smallest absolute Gasteiger partial charge is 0.305 e. The molecule has 26 heavy (non-hydrogen) atoms. The highest BCUT2D eigenvalue weighted by molar-refractivity contribution is 7.92. The van der Waals surface area contributed by atoms with E-state index in [2.05, 4.69) is 0 Å². The summed E-state index contributed by atoms with van der Waals surface area (Å²) >= 11 is 0.919. The standard InChI is InChI=1S/C17H18N2O5S2/c1-26(23,24)15-11-14(19(21)22)17(25-15)18-9-7-13(8-10-18)16(20)12-5-3-2-4-6-12/h2-6,11,13H,7-10H2,1H3. The Morgan fingerprint density at radius 1 is 1.23 bits per heavy atom. The van der Waals surface area contributed by atoms with Crippen LogP contribution in [0.5, 0.6) is 0 Å². The number of nitro groups is 1. The van der Waals surface area contributed by atoms with Crippen LogP contribution in [0.4, 0.5) is 10.7 Å². The number of rotatable bonds is 5. The van der Waals surface area contributed by atoms with Crippen LogP contribution in [0, 0.1) is 16.0 Å². The number of hydrogen-bond acceptors (Lipinski definition) is 7. The van der Waals surface area contributed by atoms with Crippen LogP contribution in [0.1, 0.15) is 23.2 Å². The molecule has 3 rings (SSSR count). The summed E-state index contributed by atoms with van der Waals surface area (Å²) in [6, 6.07) is 10.2. The highest BCUT2D eigenvalue weighted by atomic mass is 32.2. The Balaban J connectivity index is 1.77. The van der Waals surface area contributed by atoms with E-state index in [1.165, 1.54) is 0 Å². The number of benzene rings is 1. The summed E-state index contributed by atoms with van der Waals surface area (Å²) < 4.78 is 23.4. The molecule has 0 saturated carbocycles. The third-order valence-corrected chi connectivity index (χ3v) is 7.43. The predicted octanol–water partition coefficient (Wildman–Crippen LogP) is 3.16. The first-order valence-electron chi connectivity index (χ1n) is 8.10. The highest BCUT2D eigenvalue weighted by Crippen LogP contribution is 2.41.